The van der Waals surface area contributed by atoms with Gasteiger partial charge in [0, 0.05) is 12.1 Å². The SMILES string of the molecule is N#CCc1ccc(Oc2ccc([N+](=O)[O-])cc2N)cc1. The third kappa shape index (κ3) is 3.03. The highest BCUT2D eigenvalue weighted by Gasteiger charge is 2.10. The Morgan fingerprint density at radius 1 is 1.25 bits per heavy atom. The van der Waals surface area contributed by atoms with Gasteiger partial charge >= 0.3 is 0 Å². The van der Waals surface area contributed by atoms with Gasteiger partial charge in [0.25, 0.3) is 5.69 Å². The molecule has 0 unspecified atom stereocenters. The maximum Gasteiger partial charge on any atom is 0.271 e. The van der Waals surface area contributed by atoms with Crippen LogP contribution >= 0.6 is 0 Å². The molecule has 0 radical (unpaired) electrons. The molecular formula is C14H11N3O3. The van der Waals surface area contributed by atoms with E-state index in [1.807, 2.05) is 0 Å². The fourth-order valence-corrected chi connectivity index (χ4v) is 1.64. The quantitative estimate of drug-likeness (QED) is 0.522. The Hall–Kier alpha value is -3.07. The number of benzene rings is 2. The van der Waals surface area contributed by atoms with Crippen LogP contribution in [-0.4, -0.2) is 4.92 Å². The molecule has 6 heteroatoms. The topological polar surface area (TPSA) is 102 Å². The molecule has 0 aliphatic heterocycles. The molecule has 0 saturated heterocycles. The van der Waals surface area contributed by atoms with Crippen molar-refractivity contribution in [3.8, 4) is 17.6 Å². The van der Waals surface area contributed by atoms with Crippen LogP contribution < -0.4 is 10.5 Å². The molecule has 0 spiro atoms. The zero-order valence-corrected chi connectivity index (χ0v) is 10.4. The van der Waals surface area contributed by atoms with Gasteiger partial charge in [-0.25, -0.2) is 0 Å². The first-order chi connectivity index (χ1) is 9.60. The fraction of sp³-hybridized carbons (Fsp3) is 0.0714. The van der Waals surface area contributed by atoms with Crippen LogP contribution in [0, 0.1) is 21.4 Å². The molecule has 20 heavy (non-hydrogen) atoms. The molecule has 2 aromatic rings. The van der Waals surface area contributed by atoms with E-state index in [1.54, 1.807) is 24.3 Å². The van der Waals surface area contributed by atoms with Crippen LogP contribution in [0.15, 0.2) is 42.5 Å². The molecule has 0 amide bonds. The summed E-state index contributed by atoms with van der Waals surface area (Å²) >= 11 is 0. The number of nitrogen functional groups attached to an aromatic ring is 1. The zero-order chi connectivity index (χ0) is 14.5. The van der Waals surface area contributed by atoms with Crippen molar-refractivity contribution in [3.63, 3.8) is 0 Å². The number of anilines is 1. The normalized spacial score (nSPS) is 9.75. The van der Waals surface area contributed by atoms with Crippen molar-refractivity contribution < 1.29 is 9.66 Å². The van der Waals surface area contributed by atoms with Crippen molar-refractivity contribution in [1.29, 1.82) is 5.26 Å². The van der Waals surface area contributed by atoms with Gasteiger partial charge in [-0.15, -0.1) is 0 Å². The van der Waals surface area contributed by atoms with Crippen LogP contribution in [0.25, 0.3) is 0 Å². The summed E-state index contributed by atoms with van der Waals surface area (Å²) in [6.45, 7) is 0. The highest BCUT2D eigenvalue weighted by atomic mass is 16.6. The van der Waals surface area contributed by atoms with E-state index in [4.69, 9.17) is 15.7 Å². The Kier molecular flexibility index (Phi) is 3.82. The van der Waals surface area contributed by atoms with E-state index in [2.05, 4.69) is 6.07 Å². The lowest BCUT2D eigenvalue weighted by molar-refractivity contribution is -0.384. The molecule has 0 saturated carbocycles. The molecule has 0 aromatic heterocycles. The number of rotatable bonds is 4. The van der Waals surface area contributed by atoms with Gasteiger partial charge in [-0.2, -0.15) is 5.26 Å². The minimum absolute atomic E-state index is 0.0841. The van der Waals surface area contributed by atoms with E-state index >= 15 is 0 Å². The van der Waals surface area contributed by atoms with Gasteiger partial charge in [0.2, 0.25) is 0 Å². The first kappa shape index (κ1) is 13.4. The maximum absolute atomic E-state index is 10.6. The average Bonchev–Trinajstić information content (AvgIpc) is 2.43. The van der Waals surface area contributed by atoms with Crippen molar-refractivity contribution in [2.45, 2.75) is 6.42 Å². The molecule has 0 bridgehead atoms. The Morgan fingerprint density at radius 3 is 2.50 bits per heavy atom. The summed E-state index contributed by atoms with van der Waals surface area (Å²) in [5, 5.41) is 19.2. The van der Waals surface area contributed by atoms with E-state index < -0.39 is 4.92 Å². The second-order valence-electron chi connectivity index (χ2n) is 4.06. The number of nitriles is 1. The molecule has 2 aromatic carbocycles. The van der Waals surface area contributed by atoms with Crippen LogP contribution in [0.3, 0.4) is 0 Å². The molecule has 0 aliphatic rings. The van der Waals surface area contributed by atoms with Crippen molar-refractivity contribution in [3.05, 3.63) is 58.1 Å². The smallest absolute Gasteiger partial charge is 0.271 e. The molecule has 0 heterocycles. The van der Waals surface area contributed by atoms with Crippen molar-refractivity contribution >= 4 is 11.4 Å². The number of nitro benzene ring substituents is 1. The number of nitrogens with zero attached hydrogens (tertiary/aromatic N) is 2. The van der Waals surface area contributed by atoms with E-state index in [0.717, 1.165) is 5.56 Å². The fourth-order valence-electron chi connectivity index (χ4n) is 1.64. The molecule has 0 fully saturated rings. The first-order valence-electron chi connectivity index (χ1n) is 5.78. The number of hydrogen-bond acceptors (Lipinski definition) is 5. The molecule has 100 valence electrons. The monoisotopic (exact) mass is 269 g/mol. The summed E-state index contributed by atoms with van der Waals surface area (Å²) in [5.41, 5.74) is 6.71. The highest BCUT2D eigenvalue weighted by molar-refractivity contribution is 5.59. The van der Waals surface area contributed by atoms with E-state index in [1.165, 1.54) is 18.2 Å². The second-order valence-corrected chi connectivity index (χ2v) is 4.06. The maximum atomic E-state index is 10.6. The third-order valence-corrected chi connectivity index (χ3v) is 2.64. The summed E-state index contributed by atoms with van der Waals surface area (Å²) < 4.78 is 5.55. The zero-order valence-electron chi connectivity index (χ0n) is 10.4. The van der Waals surface area contributed by atoms with Crippen LogP contribution in [0.5, 0.6) is 11.5 Å². The molecule has 2 N–H and O–H groups in total. The Bertz CT molecular complexity index is 675. The summed E-state index contributed by atoms with van der Waals surface area (Å²) in [4.78, 5) is 10.1. The van der Waals surface area contributed by atoms with E-state index in [-0.39, 0.29) is 11.4 Å². The van der Waals surface area contributed by atoms with Gasteiger partial charge in [0.05, 0.1) is 23.1 Å². The predicted molar refractivity (Wildman–Crippen MR) is 73.3 cm³/mol. The van der Waals surface area contributed by atoms with E-state index in [9.17, 15) is 10.1 Å². The lowest BCUT2D eigenvalue weighted by Crippen LogP contribution is -1.95. The second kappa shape index (κ2) is 5.71. The number of ether oxygens (including phenoxy) is 1. The van der Waals surface area contributed by atoms with Crippen molar-refractivity contribution in [2.24, 2.45) is 0 Å². The van der Waals surface area contributed by atoms with Crippen molar-refractivity contribution in [1.82, 2.24) is 0 Å². The van der Waals surface area contributed by atoms with Crippen molar-refractivity contribution in [2.75, 3.05) is 5.73 Å². The first-order valence-corrected chi connectivity index (χ1v) is 5.78. The Morgan fingerprint density at radius 2 is 1.95 bits per heavy atom. The van der Waals surface area contributed by atoms with Crippen LogP contribution in [-0.2, 0) is 6.42 Å². The number of non-ortho nitro benzene ring substituents is 1. The average molecular weight is 269 g/mol. The Labute approximate surface area is 115 Å². The van der Waals surface area contributed by atoms with Crippen LogP contribution in [0.2, 0.25) is 0 Å². The van der Waals surface area contributed by atoms with E-state index in [0.29, 0.717) is 17.9 Å². The Balaban J connectivity index is 2.17. The minimum Gasteiger partial charge on any atom is -0.455 e. The number of hydrogen-bond donors (Lipinski definition) is 1. The number of nitro groups is 1. The van der Waals surface area contributed by atoms with Crippen LogP contribution in [0.4, 0.5) is 11.4 Å². The lowest BCUT2D eigenvalue weighted by atomic mass is 10.2. The van der Waals surface area contributed by atoms with Gasteiger partial charge in [0.1, 0.15) is 5.75 Å². The molecule has 0 atom stereocenters. The summed E-state index contributed by atoms with van der Waals surface area (Å²) in [7, 11) is 0. The summed E-state index contributed by atoms with van der Waals surface area (Å²) in [5.74, 6) is 0.899. The third-order valence-electron chi connectivity index (χ3n) is 2.64. The van der Waals surface area contributed by atoms with Gasteiger partial charge in [-0.05, 0) is 23.8 Å². The largest absolute Gasteiger partial charge is 0.455 e. The molecule has 6 nitrogen and oxygen atoms in total. The highest BCUT2D eigenvalue weighted by Crippen LogP contribution is 2.30. The van der Waals surface area contributed by atoms with Gasteiger partial charge in [-0.1, -0.05) is 12.1 Å². The molecule has 2 rings (SSSR count). The summed E-state index contributed by atoms with van der Waals surface area (Å²) in [6, 6.07) is 13.1. The molecular weight excluding hydrogens is 258 g/mol. The predicted octanol–water partition coefficient (Wildman–Crippen LogP) is 3.04. The standard InChI is InChI=1S/C14H11N3O3/c15-8-7-10-1-4-12(5-2-10)20-14-6-3-11(17(18)19)9-13(14)16/h1-6,9H,7,16H2. The van der Waals surface area contributed by atoms with Gasteiger partial charge < -0.3 is 10.5 Å². The van der Waals surface area contributed by atoms with Crippen LogP contribution in [0.1, 0.15) is 5.56 Å². The van der Waals surface area contributed by atoms with Gasteiger partial charge in [0.15, 0.2) is 5.75 Å². The summed E-state index contributed by atoms with van der Waals surface area (Å²) in [6.07, 6.45) is 0.333. The number of nitrogens with two attached hydrogens (primary N) is 1. The lowest BCUT2D eigenvalue weighted by Gasteiger charge is -2.08. The van der Waals surface area contributed by atoms with Gasteiger partial charge in [-0.3, -0.25) is 10.1 Å². The molecule has 0 aliphatic carbocycles. The minimum atomic E-state index is -0.517.